The molecular formula is C26H21N5O4. The lowest BCUT2D eigenvalue weighted by Crippen LogP contribution is -2.42. The SMILES string of the molecule is CCn1nc(C(=O)Nc2ccc(C(=O)N3CC(=O)Nc4ccccc43)cc2)c2ccccc2c1=O. The van der Waals surface area contributed by atoms with E-state index in [9.17, 15) is 19.2 Å². The van der Waals surface area contributed by atoms with Crippen LogP contribution in [0.2, 0.25) is 0 Å². The van der Waals surface area contributed by atoms with Crippen LogP contribution in [0.1, 0.15) is 27.8 Å². The average Bonchev–Trinajstić information content (AvgIpc) is 2.88. The van der Waals surface area contributed by atoms with Gasteiger partial charge in [-0.25, -0.2) is 4.68 Å². The second-order valence-electron chi connectivity index (χ2n) is 8.00. The van der Waals surface area contributed by atoms with E-state index >= 15 is 0 Å². The third-order valence-corrected chi connectivity index (χ3v) is 5.79. The number of rotatable bonds is 4. The summed E-state index contributed by atoms with van der Waals surface area (Å²) in [5, 5.41) is 10.7. The fourth-order valence-corrected chi connectivity index (χ4v) is 4.07. The van der Waals surface area contributed by atoms with E-state index in [1.165, 1.54) is 9.58 Å². The number of anilines is 3. The largest absolute Gasteiger partial charge is 0.323 e. The van der Waals surface area contributed by atoms with Crippen LogP contribution in [0.15, 0.2) is 77.6 Å². The summed E-state index contributed by atoms with van der Waals surface area (Å²) in [6.45, 7) is 2.03. The van der Waals surface area contributed by atoms with Gasteiger partial charge in [-0.15, -0.1) is 0 Å². The number of hydrogen-bond donors (Lipinski definition) is 2. The summed E-state index contributed by atoms with van der Waals surface area (Å²) >= 11 is 0. The van der Waals surface area contributed by atoms with E-state index in [0.717, 1.165) is 0 Å². The molecule has 5 rings (SSSR count). The van der Waals surface area contributed by atoms with Crippen molar-refractivity contribution in [2.45, 2.75) is 13.5 Å². The second kappa shape index (κ2) is 8.86. The zero-order chi connectivity index (χ0) is 24.5. The summed E-state index contributed by atoms with van der Waals surface area (Å²) in [7, 11) is 0. The minimum atomic E-state index is -0.468. The first-order valence-electron chi connectivity index (χ1n) is 11.1. The van der Waals surface area contributed by atoms with Gasteiger partial charge in [0.25, 0.3) is 17.4 Å². The maximum atomic E-state index is 13.1. The van der Waals surface area contributed by atoms with Crippen LogP contribution in [0, 0.1) is 0 Å². The van der Waals surface area contributed by atoms with Gasteiger partial charge in [-0.3, -0.25) is 24.1 Å². The maximum absolute atomic E-state index is 13.1. The first-order chi connectivity index (χ1) is 17.0. The van der Waals surface area contributed by atoms with Crippen LogP contribution >= 0.6 is 0 Å². The van der Waals surface area contributed by atoms with E-state index in [0.29, 0.717) is 39.9 Å². The molecule has 0 aliphatic carbocycles. The molecule has 3 amide bonds. The van der Waals surface area contributed by atoms with E-state index in [1.807, 2.05) is 0 Å². The number of benzene rings is 3. The van der Waals surface area contributed by atoms with E-state index in [2.05, 4.69) is 15.7 Å². The molecule has 0 saturated carbocycles. The zero-order valence-electron chi connectivity index (χ0n) is 18.8. The molecule has 0 bridgehead atoms. The molecule has 4 aromatic rings. The third kappa shape index (κ3) is 4.04. The van der Waals surface area contributed by atoms with Crippen molar-refractivity contribution in [3.63, 3.8) is 0 Å². The lowest BCUT2D eigenvalue weighted by molar-refractivity contribution is -0.115. The Morgan fingerprint density at radius 2 is 1.63 bits per heavy atom. The minimum absolute atomic E-state index is 0.0831. The van der Waals surface area contributed by atoms with E-state index in [1.54, 1.807) is 79.7 Å². The Bertz CT molecular complexity index is 1540. The van der Waals surface area contributed by atoms with Crippen LogP contribution in [0.3, 0.4) is 0 Å². The van der Waals surface area contributed by atoms with Gasteiger partial charge in [-0.05, 0) is 49.4 Å². The fraction of sp³-hybridized carbons (Fsp3) is 0.115. The molecule has 0 saturated heterocycles. The lowest BCUT2D eigenvalue weighted by atomic mass is 10.1. The number of aryl methyl sites for hydroxylation is 1. The molecule has 9 heteroatoms. The molecule has 1 aliphatic heterocycles. The van der Waals surface area contributed by atoms with Crippen molar-refractivity contribution in [2.75, 3.05) is 22.1 Å². The highest BCUT2D eigenvalue weighted by atomic mass is 16.2. The maximum Gasteiger partial charge on any atom is 0.276 e. The van der Waals surface area contributed by atoms with Gasteiger partial charge in [0.2, 0.25) is 5.91 Å². The van der Waals surface area contributed by atoms with Crippen molar-refractivity contribution in [1.82, 2.24) is 9.78 Å². The molecule has 9 nitrogen and oxygen atoms in total. The molecular weight excluding hydrogens is 446 g/mol. The molecule has 0 atom stereocenters. The predicted octanol–water partition coefficient (Wildman–Crippen LogP) is 3.27. The first kappa shape index (κ1) is 22.0. The Kier molecular flexibility index (Phi) is 5.58. The van der Waals surface area contributed by atoms with Crippen LogP contribution in [0.4, 0.5) is 17.1 Å². The average molecular weight is 467 g/mol. The highest BCUT2D eigenvalue weighted by molar-refractivity contribution is 6.15. The Labute approximate surface area is 200 Å². The summed E-state index contributed by atoms with van der Waals surface area (Å²) in [4.78, 5) is 52.2. The minimum Gasteiger partial charge on any atom is -0.323 e. The van der Waals surface area contributed by atoms with Gasteiger partial charge in [0, 0.05) is 23.2 Å². The number of carbonyl (C=O) groups excluding carboxylic acids is 3. The molecule has 0 unspecified atom stereocenters. The molecule has 0 spiro atoms. The Hall–Kier alpha value is -4.79. The van der Waals surface area contributed by atoms with Crippen molar-refractivity contribution in [1.29, 1.82) is 0 Å². The molecule has 1 aromatic heterocycles. The summed E-state index contributed by atoms with van der Waals surface area (Å²) in [5.41, 5.74) is 1.92. The van der Waals surface area contributed by atoms with Gasteiger partial charge in [0.05, 0.1) is 16.8 Å². The molecule has 0 radical (unpaired) electrons. The van der Waals surface area contributed by atoms with Gasteiger partial charge in [-0.1, -0.05) is 30.3 Å². The van der Waals surface area contributed by atoms with Crippen molar-refractivity contribution in [3.8, 4) is 0 Å². The number of amides is 3. The zero-order valence-corrected chi connectivity index (χ0v) is 18.8. The third-order valence-electron chi connectivity index (χ3n) is 5.79. The van der Waals surface area contributed by atoms with Gasteiger partial charge >= 0.3 is 0 Å². The van der Waals surface area contributed by atoms with Crippen LogP contribution in [-0.4, -0.2) is 34.0 Å². The number of carbonyl (C=O) groups is 3. The number of nitrogens with one attached hydrogen (secondary N) is 2. The Morgan fingerprint density at radius 3 is 2.37 bits per heavy atom. The highest BCUT2D eigenvalue weighted by Crippen LogP contribution is 2.30. The van der Waals surface area contributed by atoms with Crippen molar-refractivity contribution >= 4 is 45.6 Å². The van der Waals surface area contributed by atoms with Gasteiger partial charge < -0.3 is 10.6 Å². The predicted molar refractivity (Wildman–Crippen MR) is 133 cm³/mol. The van der Waals surface area contributed by atoms with Crippen molar-refractivity contribution in [3.05, 3.63) is 94.4 Å². The van der Waals surface area contributed by atoms with Gasteiger partial charge in [-0.2, -0.15) is 5.10 Å². The van der Waals surface area contributed by atoms with Crippen molar-refractivity contribution < 1.29 is 14.4 Å². The summed E-state index contributed by atoms with van der Waals surface area (Å²) < 4.78 is 1.26. The van der Waals surface area contributed by atoms with Crippen LogP contribution in [0.25, 0.3) is 10.8 Å². The summed E-state index contributed by atoms with van der Waals surface area (Å²) in [6, 6.07) is 20.3. The summed E-state index contributed by atoms with van der Waals surface area (Å²) in [5.74, 6) is -1.06. The highest BCUT2D eigenvalue weighted by Gasteiger charge is 2.27. The Balaban J connectivity index is 1.40. The van der Waals surface area contributed by atoms with E-state index in [-0.39, 0.29) is 29.6 Å². The van der Waals surface area contributed by atoms with Crippen molar-refractivity contribution in [2.24, 2.45) is 0 Å². The normalized spacial score (nSPS) is 12.7. The van der Waals surface area contributed by atoms with E-state index < -0.39 is 5.91 Å². The second-order valence-corrected chi connectivity index (χ2v) is 8.00. The topological polar surface area (TPSA) is 113 Å². The molecule has 3 aromatic carbocycles. The number of hydrogen-bond acceptors (Lipinski definition) is 5. The molecule has 0 fully saturated rings. The quantitative estimate of drug-likeness (QED) is 0.478. The first-order valence-corrected chi connectivity index (χ1v) is 11.1. The lowest BCUT2D eigenvalue weighted by Gasteiger charge is -2.29. The molecule has 35 heavy (non-hydrogen) atoms. The number of para-hydroxylation sites is 2. The number of aromatic nitrogens is 2. The van der Waals surface area contributed by atoms with Crippen LogP contribution in [0.5, 0.6) is 0 Å². The van der Waals surface area contributed by atoms with Crippen LogP contribution in [-0.2, 0) is 11.3 Å². The fourth-order valence-electron chi connectivity index (χ4n) is 4.07. The molecule has 2 heterocycles. The molecule has 174 valence electrons. The van der Waals surface area contributed by atoms with Gasteiger partial charge in [0.15, 0.2) is 5.69 Å². The smallest absolute Gasteiger partial charge is 0.276 e. The molecule has 1 aliphatic rings. The monoisotopic (exact) mass is 467 g/mol. The van der Waals surface area contributed by atoms with Crippen LogP contribution < -0.4 is 21.1 Å². The van der Waals surface area contributed by atoms with Gasteiger partial charge in [0.1, 0.15) is 6.54 Å². The standard InChI is InChI=1S/C26H21N5O4/c1-2-31-26(35)19-8-4-3-7-18(19)23(29-31)24(33)27-17-13-11-16(12-14-17)25(34)30-15-22(32)28-20-9-5-6-10-21(20)30/h3-14H,2,15H2,1H3,(H,27,33)(H,28,32). The molecule has 2 N–H and O–H groups in total. The number of nitrogens with zero attached hydrogens (tertiary/aromatic N) is 3. The Morgan fingerprint density at radius 1 is 0.943 bits per heavy atom. The number of fused-ring (bicyclic) bond motifs is 2. The summed E-state index contributed by atoms with van der Waals surface area (Å²) in [6.07, 6.45) is 0. The van der Waals surface area contributed by atoms with E-state index in [4.69, 9.17) is 0 Å².